The van der Waals surface area contributed by atoms with Gasteiger partial charge in [0.2, 0.25) is 0 Å². The van der Waals surface area contributed by atoms with Crippen molar-refractivity contribution in [2.24, 2.45) is 10.8 Å². The third-order valence-corrected chi connectivity index (χ3v) is 0.675. The van der Waals surface area contributed by atoms with Gasteiger partial charge in [-0.25, -0.2) is 11.0 Å². The third-order valence-electron chi connectivity index (χ3n) is 0.675. The van der Waals surface area contributed by atoms with Crippen LogP contribution in [0, 0.1) is 0 Å². The number of aliphatic imine (C=N–C) groups is 1. The van der Waals surface area contributed by atoms with E-state index in [-0.39, 0.29) is 6.67 Å². The van der Waals surface area contributed by atoms with E-state index in [2.05, 4.69) is 4.99 Å². The molecule has 0 unspecified atom stereocenters. The van der Waals surface area contributed by atoms with Crippen LogP contribution >= 0.6 is 0 Å². The van der Waals surface area contributed by atoms with Gasteiger partial charge in [-0.2, -0.15) is 0 Å². The molecular formula is C2H6N4O. The Morgan fingerprint density at radius 2 is 2.57 bits per heavy atom. The Morgan fingerprint density at radius 3 is 2.71 bits per heavy atom. The van der Waals surface area contributed by atoms with E-state index < -0.39 is 0 Å². The molecule has 0 amide bonds. The molecule has 0 aliphatic carbocycles. The predicted molar refractivity (Wildman–Crippen MR) is 23.0 cm³/mol. The highest BCUT2D eigenvalue weighted by Crippen LogP contribution is 1.89. The summed E-state index contributed by atoms with van der Waals surface area (Å²) in [4.78, 5) is 3.60. The second-order valence-electron chi connectivity index (χ2n) is 1.19. The van der Waals surface area contributed by atoms with E-state index in [0.29, 0.717) is 0 Å². The molecule has 0 saturated heterocycles. The van der Waals surface area contributed by atoms with Crippen molar-refractivity contribution in [3.05, 3.63) is 0 Å². The fraction of sp³-hybridized carbons (Fsp3) is 0.500. The lowest BCUT2D eigenvalue weighted by Crippen LogP contribution is -2.39. The summed E-state index contributed by atoms with van der Waals surface area (Å²) in [5.74, 6) is 5.04. The van der Waals surface area contributed by atoms with E-state index in [1.165, 1.54) is 6.34 Å². The van der Waals surface area contributed by atoms with E-state index in [4.69, 9.17) is 11.0 Å². The Kier molecular flexibility index (Phi) is 0.935. The van der Waals surface area contributed by atoms with Crippen LogP contribution in [-0.2, 0) is 0 Å². The Hall–Kier alpha value is -0.650. The van der Waals surface area contributed by atoms with Crippen molar-refractivity contribution in [1.82, 2.24) is 10.3 Å². The van der Waals surface area contributed by atoms with Crippen LogP contribution in [0.1, 0.15) is 0 Å². The number of nitrogens with zero attached hydrogens (tertiary/aromatic N) is 3. The van der Waals surface area contributed by atoms with Gasteiger partial charge in [-0.1, -0.05) is 5.17 Å². The molecule has 1 aliphatic rings. The minimum Gasteiger partial charge on any atom is -0.292 e. The molecule has 1 rings (SSSR count). The number of hydroxylamine groups is 1. The Bertz CT molecular complexity index is 91.7. The lowest BCUT2D eigenvalue weighted by atomic mass is 11.2. The molecule has 0 saturated carbocycles. The molecule has 7 heavy (non-hydrogen) atoms. The molecule has 5 nitrogen and oxygen atoms in total. The molecule has 5 heteroatoms. The Morgan fingerprint density at radius 1 is 1.86 bits per heavy atom. The predicted octanol–water partition coefficient (Wildman–Crippen LogP) is -1.23. The van der Waals surface area contributed by atoms with Crippen LogP contribution in [0.4, 0.5) is 0 Å². The summed E-state index contributed by atoms with van der Waals surface area (Å²) in [6.45, 7) is 0.233. The van der Waals surface area contributed by atoms with E-state index in [0.717, 1.165) is 10.3 Å². The van der Waals surface area contributed by atoms with Crippen molar-refractivity contribution in [3.63, 3.8) is 0 Å². The van der Waals surface area contributed by atoms with Crippen molar-refractivity contribution in [2.45, 2.75) is 0 Å². The van der Waals surface area contributed by atoms with Gasteiger partial charge in [-0.05, 0) is 0 Å². The van der Waals surface area contributed by atoms with Gasteiger partial charge >= 0.3 is 0 Å². The molecule has 1 heterocycles. The van der Waals surface area contributed by atoms with E-state index >= 15 is 0 Å². The molecule has 0 aromatic carbocycles. The zero-order valence-electron chi connectivity index (χ0n) is 3.65. The van der Waals surface area contributed by atoms with Gasteiger partial charge in [-0.3, -0.25) is 10.2 Å². The fourth-order valence-corrected chi connectivity index (χ4v) is 0.326. The van der Waals surface area contributed by atoms with Gasteiger partial charge in [0.15, 0.2) is 0 Å². The van der Waals surface area contributed by atoms with Crippen molar-refractivity contribution in [2.75, 3.05) is 6.67 Å². The Labute approximate surface area is 40.5 Å². The monoisotopic (exact) mass is 102 g/mol. The van der Waals surface area contributed by atoms with Crippen molar-refractivity contribution in [1.29, 1.82) is 0 Å². The van der Waals surface area contributed by atoms with E-state index in [1.807, 2.05) is 0 Å². The van der Waals surface area contributed by atoms with Crippen LogP contribution in [-0.4, -0.2) is 28.5 Å². The lowest BCUT2D eigenvalue weighted by Gasteiger charge is -2.12. The molecule has 0 bridgehead atoms. The van der Waals surface area contributed by atoms with Crippen molar-refractivity contribution >= 4 is 6.34 Å². The molecule has 0 aromatic rings. The van der Waals surface area contributed by atoms with Crippen molar-refractivity contribution < 1.29 is 5.21 Å². The van der Waals surface area contributed by atoms with Gasteiger partial charge < -0.3 is 0 Å². The average molecular weight is 102 g/mol. The molecule has 3 N–H and O–H groups in total. The molecule has 0 spiro atoms. The van der Waals surface area contributed by atoms with Crippen molar-refractivity contribution in [3.8, 4) is 0 Å². The molecule has 0 radical (unpaired) electrons. The quantitative estimate of drug-likeness (QED) is 0.376. The molecule has 1 aliphatic heterocycles. The van der Waals surface area contributed by atoms with E-state index in [9.17, 15) is 0 Å². The molecule has 0 atom stereocenters. The second-order valence-corrected chi connectivity index (χ2v) is 1.19. The van der Waals surface area contributed by atoms with Gasteiger partial charge in [0.1, 0.15) is 13.0 Å². The molecule has 0 aromatic heterocycles. The second kappa shape index (κ2) is 1.45. The summed E-state index contributed by atoms with van der Waals surface area (Å²) >= 11 is 0. The minimum absolute atomic E-state index is 0.233. The highest BCUT2D eigenvalue weighted by Gasteiger charge is 2.07. The number of nitrogens with two attached hydrogens (primary N) is 1. The highest BCUT2D eigenvalue weighted by molar-refractivity contribution is 5.54. The lowest BCUT2D eigenvalue weighted by molar-refractivity contribution is -0.198. The number of hydrazine groups is 2. The summed E-state index contributed by atoms with van der Waals surface area (Å²) in [5.41, 5.74) is 0. The number of hydrogen-bond acceptors (Lipinski definition) is 5. The van der Waals surface area contributed by atoms with Gasteiger partial charge in [0, 0.05) is 0 Å². The topological polar surface area (TPSA) is 65.1 Å². The fourth-order valence-electron chi connectivity index (χ4n) is 0.326. The van der Waals surface area contributed by atoms with Crippen LogP contribution in [0.2, 0.25) is 0 Å². The summed E-state index contributed by atoms with van der Waals surface area (Å²) in [7, 11) is 0. The summed E-state index contributed by atoms with van der Waals surface area (Å²) in [5, 5.41) is 10.3. The van der Waals surface area contributed by atoms with Crippen LogP contribution in [0.3, 0.4) is 0 Å². The zero-order chi connectivity index (χ0) is 5.28. The SMILES string of the molecule is NN1C=NCN1O. The summed E-state index contributed by atoms with van der Waals surface area (Å²) in [6.07, 6.45) is 1.33. The molecule has 0 fully saturated rings. The largest absolute Gasteiger partial charge is 0.292 e. The van der Waals surface area contributed by atoms with E-state index in [1.54, 1.807) is 0 Å². The average Bonchev–Trinajstić information content (AvgIpc) is 1.91. The first-order valence-electron chi connectivity index (χ1n) is 1.81. The third kappa shape index (κ3) is 0.687. The van der Waals surface area contributed by atoms with Gasteiger partial charge in [0.25, 0.3) is 0 Å². The number of rotatable bonds is 0. The van der Waals surface area contributed by atoms with Crippen LogP contribution in [0.15, 0.2) is 4.99 Å². The van der Waals surface area contributed by atoms with Crippen LogP contribution in [0.25, 0.3) is 0 Å². The van der Waals surface area contributed by atoms with Gasteiger partial charge in [0.05, 0.1) is 0 Å². The van der Waals surface area contributed by atoms with Crippen LogP contribution in [0.5, 0.6) is 0 Å². The minimum atomic E-state index is 0.233. The normalized spacial score (nSPS) is 21.7. The number of hydrogen-bond donors (Lipinski definition) is 2. The maximum Gasteiger partial charge on any atom is 0.139 e. The molecule has 40 valence electrons. The smallest absolute Gasteiger partial charge is 0.139 e. The van der Waals surface area contributed by atoms with Crippen LogP contribution < -0.4 is 5.84 Å². The first-order valence-corrected chi connectivity index (χ1v) is 1.81. The zero-order valence-corrected chi connectivity index (χ0v) is 3.65. The maximum absolute atomic E-state index is 8.51. The first kappa shape index (κ1) is 4.51. The Balaban J connectivity index is 2.45. The summed E-state index contributed by atoms with van der Waals surface area (Å²) in [6, 6.07) is 0. The highest BCUT2D eigenvalue weighted by atomic mass is 16.6. The first-order chi connectivity index (χ1) is 3.30. The maximum atomic E-state index is 8.51. The van der Waals surface area contributed by atoms with Gasteiger partial charge in [-0.15, -0.1) is 0 Å². The molecular weight excluding hydrogens is 96.0 g/mol. The standard InChI is InChI=1S/C2H6N4O/c3-5-1-4-2-6(5)7/h1,7H,2-3H2. The summed E-state index contributed by atoms with van der Waals surface area (Å²) < 4.78 is 0.